The van der Waals surface area contributed by atoms with E-state index in [4.69, 9.17) is 14.2 Å². The smallest absolute Gasteiger partial charge is 0.306 e. The van der Waals surface area contributed by atoms with Crippen LogP contribution in [0.25, 0.3) is 0 Å². The zero-order valence-electron chi connectivity index (χ0n) is 51.4. The SMILES string of the molecule is CC/C=C\C/C=C\C/C=C\C/C=C\C/C=C\C/C=C\C/C=C\CCCCCCCCCCCCCC(=O)OCC(COC(=O)CCCCCCCCCC)OC(=O)CCCCCCCCCCC/C=C\CCCCCCCC. The Morgan fingerprint density at radius 1 is 0.269 bits per heavy atom. The summed E-state index contributed by atoms with van der Waals surface area (Å²) in [7, 11) is 0. The van der Waals surface area contributed by atoms with Crippen molar-refractivity contribution in [3.05, 3.63) is 97.2 Å². The van der Waals surface area contributed by atoms with E-state index in [2.05, 4.69) is 118 Å². The van der Waals surface area contributed by atoms with Crippen molar-refractivity contribution in [2.45, 2.75) is 329 Å². The summed E-state index contributed by atoms with van der Waals surface area (Å²) in [5, 5.41) is 0. The van der Waals surface area contributed by atoms with Crippen LogP contribution in [-0.4, -0.2) is 37.2 Å². The molecule has 0 amide bonds. The quantitative estimate of drug-likeness (QED) is 0.0261. The maximum atomic E-state index is 12.9. The molecule has 0 spiro atoms. The van der Waals surface area contributed by atoms with E-state index in [-0.39, 0.29) is 31.1 Å². The van der Waals surface area contributed by atoms with Crippen molar-refractivity contribution in [3.63, 3.8) is 0 Å². The predicted octanol–water partition coefficient (Wildman–Crippen LogP) is 22.8. The van der Waals surface area contributed by atoms with Crippen LogP contribution in [0.1, 0.15) is 323 Å². The number of carbonyl (C=O) groups is 3. The van der Waals surface area contributed by atoms with Crippen molar-refractivity contribution in [2.24, 2.45) is 0 Å². The topological polar surface area (TPSA) is 78.9 Å². The standard InChI is InChI=1S/C72H124O6/c1-4-7-10-13-16-19-21-23-25-27-29-30-31-32-33-34-35-36-37-38-39-40-41-42-44-45-47-49-51-53-56-59-62-65-71(74)77-68-69(67-76-70(73)64-61-58-55-18-15-12-9-6-3)78-72(75)66-63-60-57-54-52-50-48-46-43-28-26-24-22-20-17-14-11-8-5-2/h7,10,16,19,23-26,29-30,32-33,35-36,38-39,69H,4-6,8-9,11-15,17-18,20-22,27-28,31,34,37,40-68H2,1-3H3/b10-7-,19-16-,25-23-,26-24-,30-29-,33-32-,36-35-,39-38-. The van der Waals surface area contributed by atoms with Crippen LogP contribution in [0.2, 0.25) is 0 Å². The van der Waals surface area contributed by atoms with E-state index in [1.165, 1.54) is 180 Å². The van der Waals surface area contributed by atoms with Crippen molar-refractivity contribution >= 4 is 17.9 Å². The molecular formula is C72H124O6. The van der Waals surface area contributed by atoms with Crippen LogP contribution in [0.3, 0.4) is 0 Å². The van der Waals surface area contributed by atoms with Crippen LogP contribution in [0, 0.1) is 0 Å². The Kier molecular flexibility index (Phi) is 62.7. The summed E-state index contributed by atoms with van der Waals surface area (Å²) >= 11 is 0. The summed E-state index contributed by atoms with van der Waals surface area (Å²) in [6.07, 6.45) is 88.7. The summed E-state index contributed by atoms with van der Waals surface area (Å²) < 4.78 is 16.9. The fourth-order valence-electron chi connectivity index (χ4n) is 9.36. The summed E-state index contributed by atoms with van der Waals surface area (Å²) in [5.41, 5.74) is 0. The first kappa shape index (κ1) is 74.3. The van der Waals surface area contributed by atoms with Gasteiger partial charge >= 0.3 is 17.9 Å². The molecule has 0 aliphatic heterocycles. The molecule has 78 heavy (non-hydrogen) atoms. The first-order valence-corrected chi connectivity index (χ1v) is 33.2. The molecule has 0 aliphatic carbocycles. The lowest BCUT2D eigenvalue weighted by Crippen LogP contribution is -2.30. The lowest BCUT2D eigenvalue weighted by molar-refractivity contribution is -0.167. The Morgan fingerprint density at radius 3 is 0.795 bits per heavy atom. The van der Waals surface area contributed by atoms with E-state index in [1.807, 2.05) is 0 Å². The van der Waals surface area contributed by atoms with Crippen molar-refractivity contribution in [3.8, 4) is 0 Å². The Balaban J connectivity index is 4.12. The maximum Gasteiger partial charge on any atom is 0.306 e. The largest absolute Gasteiger partial charge is 0.462 e. The summed E-state index contributed by atoms with van der Waals surface area (Å²) in [6.45, 7) is 6.52. The lowest BCUT2D eigenvalue weighted by atomic mass is 10.0. The van der Waals surface area contributed by atoms with Gasteiger partial charge in [-0.25, -0.2) is 0 Å². The van der Waals surface area contributed by atoms with Gasteiger partial charge in [0.2, 0.25) is 0 Å². The van der Waals surface area contributed by atoms with E-state index in [0.29, 0.717) is 19.3 Å². The van der Waals surface area contributed by atoms with Crippen molar-refractivity contribution in [1.29, 1.82) is 0 Å². The number of carbonyl (C=O) groups excluding carboxylic acids is 3. The van der Waals surface area contributed by atoms with E-state index >= 15 is 0 Å². The molecule has 0 saturated heterocycles. The van der Waals surface area contributed by atoms with E-state index in [0.717, 1.165) is 103 Å². The van der Waals surface area contributed by atoms with Gasteiger partial charge in [-0.2, -0.15) is 0 Å². The van der Waals surface area contributed by atoms with Crippen LogP contribution in [-0.2, 0) is 28.6 Å². The van der Waals surface area contributed by atoms with Gasteiger partial charge in [-0.1, -0.05) is 298 Å². The second-order valence-corrected chi connectivity index (χ2v) is 22.0. The van der Waals surface area contributed by atoms with Gasteiger partial charge in [-0.15, -0.1) is 0 Å². The predicted molar refractivity (Wildman–Crippen MR) is 339 cm³/mol. The Labute approximate surface area is 483 Å². The monoisotopic (exact) mass is 1080 g/mol. The first-order valence-electron chi connectivity index (χ1n) is 33.2. The fraction of sp³-hybridized carbons (Fsp3) is 0.736. The van der Waals surface area contributed by atoms with Gasteiger partial charge in [0.15, 0.2) is 6.10 Å². The average molecular weight is 1090 g/mol. The number of rotatable bonds is 60. The highest BCUT2D eigenvalue weighted by Crippen LogP contribution is 2.16. The highest BCUT2D eigenvalue weighted by Gasteiger charge is 2.19. The normalized spacial score (nSPS) is 12.7. The molecule has 0 aromatic rings. The van der Waals surface area contributed by atoms with Gasteiger partial charge in [-0.3, -0.25) is 14.4 Å². The molecular weight excluding hydrogens is 961 g/mol. The number of hydrogen-bond donors (Lipinski definition) is 0. The Morgan fingerprint density at radius 2 is 0.500 bits per heavy atom. The van der Waals surface area contributed by atoms with Crippen LogP contribution >= 0.6 is 0 Å². The number of esters is 3. The number of ether oxygens (including phenoxy) is 3. The molecule has 1 unspecified atom stereocenters. The molecule has 0 rings (SSSR count). The molecule has 6 heteroatoms. The van der Waals surface area contributed by atoms with Gasteiger partial charge < -0.3 is 14.2 Å². The molecule has 0 radical (unpaired) electrons. The summed E-state index contributed by atoms with van der Waals surface area (Å²) in [5.74, 6) is -0.874. The highest BCUT2D eigenvalue weighted by molar-refractivity contribution is 5.71. The zero-order chi connectivity index (χ0) is 56.4. The van der Waals surface area contributed by atoms with E-state index in [1.54, 1.807) is 0 Å². The number of hydrogen-bond acceptors (Lipinski definition) is 6. The zero-order valence-corrected chi connectivity index (χ0v) is 51.4. The van der Waals surface area contributed by atoms with Gasteiger partial charge in [-0.05, 0) is 103 Å². The minimum Gasteiger partial charge on any atom is -0.462 e. The molecule has 1 atom stereocenters. The minimum absolute atomic E-state index is 0.0754. The van der Waals surface area contributed by atoms with Crippen LogP contribution < -0.4 is 0 Å². The molecule has 6 nitrogen and oxygen atoms in total. The molecule has 0 aliphatic rings. The van der Waals surface area contributed by atoms with Crippen LogP contribution in [0.4, 0.5) is 0 Å². The van der Waals surface area contributed by atoms with Gasteiger partial charge in [0.1, 0.15) is 13.2 Å². The van der Waals surface area contributed by atoms with Crippen molar-refractivity contribution < 1.29 is 28.6 Å². The van der Waals surface area contributed by atoms with E-state index in [9.17, 15) is 14.4 Å². The first-order chi connectivity index (χ1) is 38.5. The van der Waals surface area contributed by atoms with Crippen LogP contribution in [0.5, 0.6) is 0 Å². The molecule has 0 N–H and O–H groups in total. The lowest BCUT2D eigenvalue weighted by Gasteiger charge is -2.18. The van der Waals surface area contributed by atoms with Crippen LogP contribution in [0.15, 0.2) is 97.2 Å². The second kappa shape index (κ2) is 65.8. The van der Waals surface area contributed by atoms with Crippen molar-refractivity contribution in [2.75, 3.05) is 13.2 Å². The Bertz CT molecular complexity index is 1530. The Hall–Kier alpha value is -3.67. The number of unbranched alkanes of at least 4 members (excludes halogenated alkanes) is 33. The van der Waals surface area contributed by atoms with Gasteiger partial charge in [0, 0.05) is 19.3 Å². The summed E-state index contributed by atoms with van der Waals surface area (Å²) in [4.78, 5) is 38.2. The second-order valence-electron chi connectivity index (χ2n) is 22.0. The van der Waals surface area contributed by atoms with Gasteiger partial charge in [0.25, 0.3) is 0 Å². The fourth-order valence-corrected chi connectivity index (χ4v) is 9.36. The third kappa shape index (κ3) is 63.2. The molecule has 0 bridgehead atoms. The molecule has 0 aromatic heterocycles. The van der Waals surface area contributed by atoms with E-state index < -0.39 is 6.10 Å². The summed E-state index contributed by atoms with van der Waals surface area (Å²) in [6, 6.07) is 0. The molecule has 0 fully saturated rings. The minimum atomic E-state index is -0.777. The maximum absolute atomic E-state index is 12.9. The third-order valence-corrected chi connectivity index (χ3v) is 14.3. The average Bonchev–Trinajstić information content (AvgIpc) is 3.44. The molecule has 0 heterocycles. The third-order valence-electron chi connectivity index (χ3n) is 14.3. The highest BCUT2D eigenvalue weighted by atomic mass is 16.6. The van der Waals surface area contributed by atoms with Crippen molar-refractivity contribution in [1.82, 2.24) is 0 Å². The van der Waals surface area contributed by atoms with Gasteiger partial charge in [0.05, 0.1) is 0 Å². The molecule has 448 valence electrons. The number of allylic oxidation sites excluding steroid dienone is 16. The molecule has 0 saturated carbocycles. The molecule has 0 aromatic carbocycles.